The van der Waals surface area contributed by atoms with Gasteiger partial charge in [0.1, 0.15) is 17.7 Å². The minimum Gasteiger partial charge on any atom is -0.488 e. The third-order valence-corrected chi connectivity index (χ3v) is 5.39. The summed E-state index contributed by atoms with van der Waals surface area (Å²) < 4.78 is 24.7. The van der Waals surface area contributed by atoms with Crippen molar-refractivity contribution in [3.05, 3.63) is 65.0 Å². The Balaban J connectivity index is 0.00000385. The van der Waals surface area contributed by atoms with Gasteiger partial charge in [0.15, 0.2) is 5.96 Å². The van der Waals surface area contributed by atoms with Crippen molar-refractivity contribution in [3.63, 3.8) is 0 Å². The summed E-state index contributed by atoms with van der Waals surface area (Å²) in [6.45, 7) is 4.16. The molecule has 2 aromatic carbocycles. The zero-order valence-electron chi connectivity index (χ0n) is 19.0. The van der Waals surface area contributed by atoms with Gasteiger partial charge in [-0.05, 0) is 42.7 Å². The summed E-state index contributed by atoms with van der Waals surface area (Å²) in [5.74, 6) is 0.179. The number of carbonyl (C=O) groups is 1. The molecule has 0 aliphatic carbocycles. The van der Waals surface area contributed by atoms with Gasteiger partial charge in [-0.15, -0.1) is 24.0 Å². The molecular weight excluding hydrogens is 538 g/mol. The maximum Gasteiger partial charge on any atom is 0.222 e. The molecular formula is C24H32FIN4O3. The van der Waals surface area contributed by atoms with Crippen LogP contribution in [0.25, 0.3) is 0 Å². The van der Waals surface area contributed by atoms with Gasteiger partial charge >= 0.3 is 0 Å². The van der Waals surface area contributed by atoms with E-state index in [2.05, 4.69) is 15.6 Å². The molecule has 0 radical (unpaired) electrons. The molecule has 0 bridgehead atoms. The Kier molecular flexibility index (Phi) is 10.9. The molecule has 3 rings (SSSR count). The number of nitrogens with zero attached hydrogens (tertiary/aromatic N) is 1. The van der Waals surface area contributed by atoms with Crippen LogP contribution in [0.2, 0.25) is 0 Å². The number of nitrogens with two attached hydrogens (primary N) is 1. The van der Waals surface area contributed by atoms with Gasteiger partial charge in [0.2, 0.25) is 5.91 Å². The molecule has 1 heterocycles. The predicted molar refractivity (Wildman–Crippen MR) is 137 cm³/mol. The number of hydrogen-bond donors (Lipinski definition) is 3. The number of hydrogen-bond acceptors (Lipinski definition) is 4. The van der Waals surface area contributed by atoms with Crippen molar-refractivity contribution in [2.45, 2.75) is 32.4 Å². The molecule has 1 fully saturated rings. The topological polar surface area (TPSA) is 98.0 Å². The number of amides is 1. The maximum atomic E-state index is 13.1. The fourth-order valence-corrected chi connectivity index (χ4v) is 3.50. The third-order valence-electron chi connectivity index (χ3n) is 5.39. The van der Waals surface area contributed by atoms with Crippen molar-refractivity contribution in [1.82, 2.24) is 10.6 Å². The highest BCUT2D eigenvalue weighted by atomic mass is 127. The van der Waals surface area contributed by atoms with E-state index in [-0.39, 0.29) is 35.9 Å². The molecule has 180 valence electrons. The second-order valence-corrected chi connectivity index (χ2v) is 7.95. The van der Waals surface area contributed by atoms with Gasteiger partial charge in [-0.25, -0.2) is 4.39 Å². The number of aliphatic imine (C=N–C) groups is 1. The van der Waals surface area contributed by atoms with Crippen LogP contribution in [0.5, 0.6) is 5.75 Å². The summed E-state index contributed by atoms with van der Waals surface area (Å²) in [7, 11) is 1.66. The normalized spacial score (nSPS) is 16.6. The second-order valence-electron chi connectivity index (χ2n) is 7.95. The first-order valence-electron chi connectivity index (χ1n) is 10.8. The van der Waals surface area contributed by atoms with Crippen LogP contribution in [0.1, 0.15) is 23.1 Å². The van der Waals surface area contributed by atoms with Crippen LogP contribution in [-0.4, -0.2) is 44.8 Å². The van der Waals surface area contributed by atoms with Crippen LogP contribution in [0.4, 0.5) is 4.39 Å². The van der Waals surface area contributed by atoms with Crippen LogP contribution in [0, 0.1) is 18.7 Å². The van der Waals surface area contributed by atoms with Crippen LogP contribution >= 0.6 is 24.0 Å². The summed E-state index contributed by atoms with van der Waals surface area (Å²) >= 11 is 0. The van der Waals surface area contributed by atoms with Crippen LogP contribution in [0.15, 0.2) is 47.5 Å². The highest BCUT2D eigenvalue weighted by Gasteiger charge is 2.19. The molecule has 2 unspecified atom stereocenters. The van der Waals surface area contributed by atoms with E-state index in [0.717, 1.165) is 35.5 Å². The number of primary amides is 1. The van der Waals surface area contributed by atoms with Crippen LogP contribution < -0.4 is 21.1 Å². The molecule has 2 aromatic rings. The van der Waals surface area contributed by atoms with Gasteiger partial charge in [-0.1, -0.05) is 24.3 Å². The molecule has 0 aromatic heterocycles. The molecule has 9 heteroatoms. The van der Waals surface area contributed by atoms with E-state index in [1.807, 2.05) is 25.1 Å². The smallest absolute Gasteiger partial charge is 0.222 e. The Labute approximate surface area is 211 Å². The fraction of sp³-hybridized carbons (Fsp3) is 0.417. The van der Waals surface area contributed by atoms with Crippen molar-refractivity contribution < 1.29 is 18.7 Å². The molecule has 1 aliphatic heterocycles. The van der Waals surface area contributed by atoms with Crippen LogP contribution in [0.3, 0.4) is 0 Å². The number of rotatable bonds is 9. The number of ether oxygens (including phenoxy) is 2. The lowest BCUT2D eigenvalue weighted by molar-refractivity contribution is -0.121. The molecule has 1 aliphatic rings. The number of halogens is 2. The van der Waals surface area contributed by atoms with Gasteiger partial charge < -0.3 is 25.8 Å². The zero-order chi connectivity index (χ0) is 22.9. The summed E-state index contributed by atoms with van der Waals surface area (Å²) in [6.07, 6.45) is 1.36. The van der Waals surface area contributed by atoms with Gasteiger partial charge in [0.25, 0.3) is 0 Å². The van der Waals surface area contributed by atoms with E-state index in [1.54, 1.807) is 19.2 Å². The summed E-state index contributed by atoms with van der Waals surface area (Å²) in [4.78, 5) is 16.1. The van der Waals surface area contributed by atoms with E-state index in [4.69, 9.17) is 15.2 Å². The van der Waals surface area contributed by atoms with Gasteiger partial charge in [0.05, 0.1) is 19.1 Å². The van der Waals surface area contributed by atoms with E-state index in [0.29, 0.717) is 32.1 Å². The molecule has 0 spiro atoms. The molecule has 33 heavy (non-hydrogen) atoms. The van der Waals surface area contributed by atoms with Crippen molar-refractivity contribution in [1.29, 1.82) is 0 Å². The van der Waals surface area contributed by atoms with Gasteiger partial charge in [0, 0.05) is 32.1 Å². The SMILES string of the molecule is CN=C(NCc1ccc(C)cc1OC1CCOC1)NCC(Cc1ccc(F)cc1)C(N)=O.I. The monoisotopic (exact) mass is 570 g/mol. The molecule has 7 nitrogen and oxygen atoms in total. The quantitative estimate of drug-likeness (QED) is 0.245. The van der Waals surface area contributed by atoms with E-state index < -0.39 is 11.8 Å². The average molecular weight is 570 g/mol. The van der Waals surface area contributed by atoms with E-state index >= 15 is 0 Å². The lowest BCUT2D eigenvalue weighted by Gasteiger charge is -2.19. The predicted octanol–water partition coefficient (Wildman–Crippen LogP) is 2.93. The molecule has 0 saturated carbocycles. The number of guanidine groups is 1. The first kappa shape index (κ1) is 26.8. The largest absolute Gasteiger partial charge is 0.488 e. The van der Waals surface area contributed by atoms with E-state index in [9.17, 15) is 9.18 Å². The van der Waals surface area contributed by atoms with Crippen LogP contribution in [-0.2, 0) is 22.5 Å². The summed E-state index contributed by atoms with van der Waals surface area (Å²) in [5, 5.41) is 6.42. The summed E-state index contributed by atoms with van der Waals surface area (Å²) in [5.41, 5.74) is 8.55. The lowest BCUT2D eigenvalue weighted by Crippen LogP contribution is -2.42. The Morgan fingerprint density at radius 3 is 2.67 bits per heavy atom. The highest BCUT2D eigenvalue weighted by Crippen LogP contribution is 2.23. The number of carbonyl (C=O) groups excluding carboxylic acids is 1. The maximum absolute atomic E-state index is 13.1. The van der Waals surface area contributed by atoms with Crippen molar-refractivity contribution in [3.8, 4) is 5.75 Å². The Hall–Kier alpha value is -2.40. The van der Waals surface area contributed by atoms with Crippen molar-refractivity contribution >= 4 is 35.8 Å². The fourth-order valence-electron chi connectivity index (χ4n) is 3.50. The Bertz CT molecular complexity index is 934. The Morgan fingerprint density at radius 1 is 1.27 bits per heavy atom. The molecule has 1 saturated heterocycles. The molecule has 2 atom stereocenters. The first-order chi connectivity index (χ1) is 15.4. The Morgan fingerprint density at radius 2 is 2.03 bits per heavy atom. The van der Waals surface area contributed by atoms with Gasteiger partial charge in [-0.2, -0.15) is 0 Å². The summed E-state index contributed by atoms with van der Waals surface area (Å²) in [6, 6.07) is 12.2. The minimum atomic E-state index is -0.459. The number of aryl methyl sites for hydroxylation is 1. The van der Waals surface area contributed by atoms with Gasteiger partial charge in [-0.3, -0.25) is 9.79 Å². The lowest BCUT2D eigenvalue weighted by atomic mass is 9.98. The number of nitrogens with one attached hydrogen (secondary N) is 2. The molecule has 4 N–H and O–H groups in total. The standard InChI is InChI=1S/C24H31FN4O3.HI/c1-16-3-6-18(22(11-16)32-21-9-10-31-15-21)13-28-24(27-2)29-14-19(23(26)30)12-17-4-7-20(25)8-5-17;/h3-8,11,19,21H,9-10,12-15H2,1-2H3,(H2,26,30)(H2,27,28,29);1H. The second kappa shape index (κ2) is 13.3. The minimum absolute atomic E-state index is 0. The third kappa shape index (κ3) is 8.47. The average Bonchev–Trinajstić information content (AvgIpc) is 3.28. The first-order valence-corrected chi connectivity index (χ1v) is 10.8. The zero-order valence-corrected chi connectivity index (χ0v) is 21.3. The van der Waals surface area contributed by atoms with Crippen molar-refractivity contribution in [2.24, 2.45) is 16.6 Å². The molecule has 1 amide bonds. The number of benzene rings is 2. The van der Waals surface area contributed by atoms with Crippen molar-refractivity contribution in [2.75, 3.05) is 26.8 Å². The highest BCUT2D eigenvalue weighted by molar-refractivity contribution is 14.0. The van der Waals surface area contributed by atoms with E-state index in [1.165, 1.54) is 12.1 Å².